The van der Waals surface area contributed by atoms with Crippen molar-refractivity contribution in [1.29, 1.82) is 5.26 Å². The molecular formula is C24H18BrN3O3. The van der Waals surface area contributed by atoms with E-state index in [0.717, 1.165) is 22.6 Å². The van der Waals surface area contributed by atoms with Crippen molar-refractivity contribution in [1.82, 2.24) is 5.01 Å². The smallest absolute Gasteiger partial charge is 0.254 e. The molecule has 2 amide bonds. The van der Waals surface area contributed by atoms with Gasteiger partial charge in [0.1, 0.15) is 12.4 Å². The van der Waals surface area contributed by atoms with E-state index in [2.05, 4.69) is 39.3 Å². The standard InChI is InChI=1S/C24H18BrN3O3/c25-19-9-14(5-8-20(19)31-13-18-4-2-1-3-17(18)11-26)12-27-28-23(29)21-15-6-7-16(10-15)22(21)24(28)30/h1-9,12,15-16,21-22H,10,13H2/b27-12-/t15-,16-,21-,22+/m0/s1. The maximum atomic E-state index is 12.7. The summed E-state index contributed by atoms with van der Waals surface area (Å²) in [6, 6.07) is 14.8. The highest BCUT2D eigenvalue weighted by Gasteiger charge is 2.59. The van der Waals surface area contributed by atoms with Gasteiger partial charge in [0, 0.05) is 5.56 Å². The second-order valence-corrected chi connectivity index (χ2v) is 8.83. The van der Waals surface area contributed by atoms with Crippen LogP contribution in [-0.2, 0) is 16.2 Å². The summed E-state index contributed by atoms with van der Waals surface area (Å²) < 4.78 is 6.56. The van der Waals surface area contributed by atoms with Crippen molar-refractivity contribution in [2.75, 3.05) is 0 Å². The lowest BCUT2D eigenvalue weighted by Gasteiger charge is -2.13. The van der Waals surface area contributed by atoms with Crippen LogP contribution >= 0.6 is 15.9 Å². The third kappa shape index (κ3) is 3.37. The highest BCUT2D eigenvalue weighted by molar-refractivity contribution is 9.10. The third-order valence-electron chi connectivity index (χ3n) is 6.25. The quantitative estimate of drug-likeness (QED) is 0.371. The predicted octanol–water partition coefficient (Wildman–Crippen LogP) is 4.04. The minimum absolute atomic E-state index is 0.170. The molecule has 2 aromatic carbocycles. The summed E-state index contributed by atoms with van der Waals surface area (Å²) in [6.45, 7) is 0.270. The Hall–Kier alpha value is -3.24. The van der Waals surface area contributed by atoms with Crippen LogP contribution in [0, 0.1) is 35.0 Å². The number of hydrogen-bond acceptors (Lipinski definition) is 5. The molecule has 5 rings (SSSR count). The van der Waals surface area contributed by atoms with Crippen LogP contribution in [0.25, 0.3) is 0 Å². The van der Waals surface area contributed by atoms with Crippen molar-refractivity contribution >= 4 is 34.0 Å². The van der Waals surface area contributed by atoms with Crippen molar-refractivity contribution in [3.63, 3.8) is 0 Å². The summed E-state index contributed by atoms with van der Waals surface area (Å²) in [5, 5.41) is 14.4. The van der Waals surface area contributed by atoms with Gasteiger partial charge in [-0.15, -0.1) is 0 Å². The molecular weight excluding hydrogens is 458 g/mol. The molecule has 3 aliphatic rings. The Morgan fingerprint density at radius 2 is 1.84 bits per heavy atom. The maximum Gasteiger partial charge on any atom is 0.254 e. The highest BCUT2D eigenvalue weighted by Crippen LogP contribution is 2.52. The molecule has 7 heteroatoms. The lowest BCUT2D eigenvalue weighted by molar-refractivity contribution is -0.140. The van der Waals surface area contributed by atoms with Crippen LogP contribution in [-0.4, -0.2) is 23.0 Å². The molecule has 2 bridgehead atoms. The molecule has 2 fully saturated rings. The molecule has 31 heavy (non-hydrogen) atoms. The van der Waals surface area contributed by atoms with Crippen LogP contribution < -0.4 is 4.74 Å². The largest absolute Gasteiger partial charge is 0.488 e. The third-order valence-corrected chi connectivity index (χ3v) is 6.87. The number of hydrogen-bond donors (Lipinski definition) is 0. The summed E-state index contributed by atoms with van der Waals surface area (Å²) in [7, 11) is 0. The van der Waals surface area contributed by atoms with Crippen LogP contribution in [0.4, 0.5) is 0 Å². The first-order chi connectivity index (χ1) is 15.1. The zero-order valence-corrected chi connectivity index (χ0v) is 18.0. The van der Waals surface area contributed by atoms with Crippen molar-refractivity contribution in [2.24, 2.45) is 28.8 Å². The predicted molar refractivity (Wildman–Crippen MR) is 117 cm³/mol. The number of halogens is 1. The molecule has 0 radical (unpaired) electrons. The maximum absolute atomic E-state index is 12.7. The zero-order chi connectivity index (χ0) is 21.5. The van der Waals surface area contributed by atoms with Gasteiger partial charge in [-0.25, -0.2) is 0 Å². The first-order valence-electron chi connectivity index (χ1n) is 10.1. The van der Waals surface area contributed by atoms with Gasteiger partial charge in [0.25, 0.3) is 11.8 Å². The number of imide groups is 1. The van der Waals surface area contributed by atoms with E-state index in [4.69, 9.17) is 4.74 Å². The summed E-state index contributed by atoms with van der Waals surface area (Å²) in [4.78, 5) is 25.4. The number of amides is 2. The number of benzene rings is 2. The van der Waals surface area contributed by atoms with Gasteiger partial charge in [0.2, 0.25) is 0 Å². The van der Waals surface area contributed by atoms with Crippen molar-refractivity contribution in [2.45, 2.75) is 13.0 Å². The fourth-order valence-corrected chi connectivity index (χ4v) is 5.26. The fraction of sp³-hybridized carbons (Fsp3) is 0.250. The molecule has 0 unspecified atom stereocenters. The number of allylic oxidation sites excluding steroid dienone is 2. The van der Waals surface area contributed by atoms with Crippen LogP contribution in [0.3, 0.4) is 0 Å². The monoisotopic (exact) mass is 475 g/mol. The Morgan fingerprint density at radius 1 is 1.13 bits per heavy atom. The Labute approximate surface area is 187 Å². The summed E-state index contributed by atoms with van der Waals surface area (Å²) in [6.07, 6.45) is 6.55. The molecule has 1 saturated heterocycles. The molecule has 6 nitrogen and oxygen atoms in total. The Bertz CT molecular complexity index is 1150. The van der Waals surface area contributed by atoms with Crippen molar-refractivity contribution < 1.29 is 14.3 Å². The number of ether oxygens (including phenoxy) is 1. The van der Waals surface area contributed by atoms with E-state index in [-0.39, 0.29) is 42.1 Å². The summed E-state index contributed by atoms with van der Waals surface area (Å²) >= 11 is 3.49. The first kappa shape index (κ1) is 19.7. The van der Waals surface area contributed by atoms with Crippen LogP contribution in [0.5, 0.6) is 5.75 Å². The molecule has 2 aromatic rings. The number of carbonyl (C=O) groups is 2. The van der Waals surface area contributed by atoms with Crippen molar-refractivity contribution in [3.8, 4) is 11.8 Å². The Kier molecular flexibility index (Phi) is 4.95. The Balaban J connectivity index is 1.27. The molecule has 0 aromatic heterocycles. The molecule has 1 heterocycles. The second kappa shape index (κ2) is 7.78. The van der Waals surface area contributed by atoms with Gasteiger partial charge in [0.15, 0.2) is 0 Å². The number of fused-ring (bicyclic) bond motifs is 5. The van der Waals surface area contributed by atoms with Gasteiger partial charge in [-0.3, -0.25) is 9.59 Å². The molecule has 1 aliphatic heterocycles. The van der Waals surface area contributed by atoms with E-state index in [1.807, 2.05) is 24.3 Å². The first-order valence-corrected chi connectivity index (χ1v) is 10.9. The molecule has 4 atom stereocenters. The number of nitrogens with zero attached hydrogens (tertiary/aromatic N) is 3. The number of carbonyl (C=O) groups excluding carboxylic acids is 2. The summed E-state index contributed by atoms with van der Waals surface area (Å²) in [5.41, 5.74) is 2.12. The SMILES string of the molecule is N#Cc1ccccc1COc1ccc(/C=N\N2C(=O)[C@@H]3[C@H](C2=O)[C@H]2C=C[C@H]3C2)cc1Br. The van der Waals surface area contributed by atoms with E-state index >= 15 is 0 Å². The minimum Gasteiger partial charge on any atom is -0.488 e. The molecule has 1 saturated carbocycles. The van der Waals surface area contributed by atoms with Crippen molar-refractivity contribution in [3.05, 3.63) is 75.8 Å². The molecule has 0 N–H and O–H groups in total. The summed E-state index contributed by atoms with van der Waals surface area (Å²) in [5.74, 6) is 0.0654. The van der Waals surface area contributed by atoms with Gasteiger partial charge in [-0.1, -0.05) is 30.4 Å². The van der Waals surface area contributed by atoms with E-state index in [1.54, 1.807) is 18.2 Å². The minimum atomic E-state index is -0.251. The lowest BCUT2D eigenvalue weighted by atomic mass is 9.85. The zero-order valence-electron chi connectivity index (χ0n) is 16.4. The molecule has 0 spiro atoms. The highest BCUT2D eigenvalue weighted by atomic mass is 79.9. The van der Waals surface area contributed by atoms with E-state index in [0.29, 0.717) is 15.8 Å². The van der Waals surface area contributed by atoms with Crippen LogP contribution in [0.15, 0.2) is 64.2 Å². The number of nitriles is 1. The average Bonchev–Trinajstić information content (AvgIpc) is 3.46. The normalized spacial score (nSPS) is 26.0. The van der Waals surface area contributed by atoms with Crippen LogP contribution in [0.2, 0.25) is 0 Å². The molecule has 154 valence electrons. The van der Waals surface area contributed by atoms with Gasteiger partial charge in [0.05, 0.1) is 34.2 Å². The van der Waals surface area contributed by atoms with E-state index in [1.165, 1.54) is 6.21 Å². The lowest BCUT2D eigenvalue weighted by Crippen LogP contribution is -2.28. The van der Waals surface area contributed by atoms with Gasteiger partial charge in [-0.2, -0.15) is 15.4 Å². The van der Waals surface area contributed by atoms with Crippen LogP contribution in [0.1, 0.15) is 23.1 Å². The van der Waals surface area contributed by atoms with Gasteiger partial charge < -0.3 is 4.74 Å². The molecule has 2 aliphatic carbocycles. The number of hydrazone groups is 1. The van der Waals surface area contributed by atoms with Gasteiger partial charge in [-0.05, 0) is 64.0 Å². The van der Waals surface area contributed by atoms with E-state index < -0.39 is 0 Å². The average molecular weight is 476 g/mol. The van der Waals surface area contributed by atoms with Gasteiger partial charge >= 0.3 is 0 Å². The number of rotatable bonds is 5. The van der Waals surface area contributed by atoms with E-state index in [9.17, 15) is 14.9 Å². The topological polar surface area (TPSA) is 82.8 Å². The second-order valence-electron chi connectivity index (χ2n) is 7.98. The fourth-order valence-electron chi connectivity index (χ4n) is 4.75. The Morgan fingerprint density at radius 3 is 2.52 bits per heavy atom.